The van der Waals surface area contributed by atoms with Gasteiger partial charge >= 0.3 is 0 Å². The Morgan fingerprint density at radius 3 is 2.10 bits per heavy atom. The molecule has 2 heterocycles. The van der Waals surface area contributed by atoms with Gasteiger partial charge < -0.3 is 9.64 Å². The molecule has 2 aliphatic heterocycles. The maximum Gasteiger partial charge on any atom is 0.243 e. The first-order valence-corrected chi connectivity index (χ1v) is 11.8. The Balaban J connectivity index is 1.59. The summed E-state index contributed by atoms with van der Waals surface area (Å²) < 4.78 is 32.4. The first-order chi connectivity index (χ1) is 13.7. The zero-order valence-electron chi connectivity index (χ0n) is 17.9. The van der Waals surface area contributed by atoms with Crippen molar-refractivity contribution in [2.45, 2.75) is 38.1 Å². The fourth-order valence-electron chi connectivity index (χ4n) is 4.49. The number of rotatable bonds is 5. The highest BCUT2D eigenvalue weighted by Crippen LogP contribution is 2.24. The second-order valence-electron chi connectivity index (χ2n) is 8.48. The number of nitrogens with zero attached hydrogens (tertiary/aromatic N) is 3. The van der Waals surface area contributed by atoms with Gasteiger partial charge in [-0.2, -0.15) is 4.31 Å². The normalized spacial score (nSPS) is 25.6. The molecule has 3 rings (SSSR count). The summed E-state index contributed by atoms with van der Waals surface area (Å²) in [7, 11) is -1.98. The Morgan fingerprint density at radius 1 is 1.03 bits per heavy atom. The summed E-state index contributed by atoms with van der Waals surface area (Å²) in [5.41, 5.74) is 0. The van der Waals surface area contributed by atoms with Crippen LogP contribution in [-0.4, -0.2) is 80.9 Å². The van der Waals surface area contributed by atoms with Crippen LogP contribution >= 0.6 is 0 Å². The van der Waals surface area contributed by atoms with Gasteiger partial charge in [-0.1, -0.05) is 13.8 Å². The smallest absolute Gasteiger partial charge is 0.243 e. The molecule has 0 spiro atoms. The van der Waals surface area contributed by atoms with E-state index in [1.165, 1.54) is 10.7 Å². The van der Waals surface area contributed by atoms with Crippen molar-refractivity contribution in [1.82, 2.24) is 14.1 Å². The van der Waals surface area contributed by atoms with Crippen LogP contribution in [0.3, 0.4) is 0 Å². The molecular weight excluding hydrogens is 390 g/mol. The van der Waals surface area contributed by atoms with Crippen LogP contribution in [0.25, 0.3) is 0 Å². The Labute approximate surface area is 174 Å². The molecule has 2 fully saturated rings. The number of hydrogen-bond donors (Lipinski definition) is 0. The summed E-state index contributed by atoms with van der Waals surface area (Å²) in [6, 6.07) is 6.24. The summed E-state index contributed by atoms with van der Waals surface area (Å²) in [4.78, 5) is 17.4. The van der Waals surface area contributed by atoms with E-state index in [4.69, 9.17) is 4.74 Å². The van der Waals surface area contributed by atoms with E-state index in [1.54, 1.807) is 31.4 Å². The second-order valence-corrected chi connectivity index (χ2v) is 10.4. The van der Waals surface area contributed by atoms with Crippen LogP contribution in [0.5, 0.6) is 5.75 Å². The number of piperazine rings is 1. The molecule has 0 saturated carbocycles. The molecule has 1 aromatic carbocycles. The summed E-state index contributed by atoms with van der Waals surface area (Å²) >= 11 is 0. The number of benzene rings is 1. The first-order valence-electron chi connectivity index (χ1n) is 10.4. The molecule has 0 aromatic heterocycles. The molecule has 2 saturated heterocycles. The van der Waals surface area contributed by atoms with Crippen molar-refractivity contribution in [3.8, 4) is 5.75 Å². The lowest BCUT2D eigenvalue weighted by Gasteiger charge is -2.41. The van der Waals surface area contributed by atoms with Crippen LogP contribution < -0.4 is 4.74 Å². The zero-order chi connectivity index (χ0) is 21.2. The van der Waals surface area contributed by atoms with Crippen molar-refractivity contribution in [3.05, 3.63) is 24.3 Å². The Hall–Kier alpha value is -1.64. The molecule has 3 atom stereocenters. The topological polar surface area (TPSA) is 70.2 Å². The van der Waals surface area contributed by atoms with Gasteiger partial charge in [0.15, 0.2) is 0 Å². The van der Waals surface area contributed by atoms with Crippen LogP contribution in [0.2, 0.25) is 0 Å². The molecule has 2 aliphatic rings. The van der Waals surface area contributed by atoms with E-state index in [0.717, 1.165) is 13.1 Å². The molecule has 8 heteroatoms. The lowest BCUT2D eigenvalue weighted by Crippen LogP contribution is -2.56. The van der Waals surface area contributed by atoms with Gasteiger partial charge in [-0.05, 0) is 49.4 Å². The minimum Gasteiger partial charge on any atom is -0.497 e. The van der Waals surface area contributed by atoms with Crippen LogP contribution in [0.4, 0.5) is 0 Å². The van der Waals surface area contributed by atoms with Crippen LogP contribution in [-0.2, 0) is 14.8 Å². The third-order valence-electron chi connectivity index (χ3n) is 6.06. The van der Waals surface area contributed by atoms with Crippen molar-refractivity contribution < 1.29 is 17.9 Å². The molecule has 162 valence electrons. The van der Waals surface area contributed by atoms with Crippen molar-refractivity contribution >= 4 is 15.9 Å². The van der Waals surface area contributed by atoms with E-state index < -0.39 is 10.0 Å². The van der Waals surface area contributed by atoms with E-state index >= 15 is 0 Å². The number of hydrogen-bond acceptors (Lipinski definition) is 5. The monoisotopic (exact) mass is 423 g/mol. The molecule has 0 radical (unpaired) electrons. The molecule has 0 unspecified atom stereocenters. The molecule has 0 bridgehead atoms. The maximum atomic E-state index is 13.0. The molecule has 7 nitrogen and oxygen atoms in total. The van der Waals surface area contributed by atoms with Gasteiger partial charge in [0.05, 0.1) is 18.0 Å². The number of ether oxygens (including phenoxy) is 1. The molecule has 1 aromatic rings. The van der Waals surface area contributed by atoms with Crippen LogP contribution in [0.1, 0.15) is 27.2 Å². The number of piperidine rings is 1. The van der Waals surface area contributed by atoms with Gasteiger partial charge in [0.2, 0.25) is 15.9 Å². The van der Waals surface area contributed by atoms with Gasteiger partial charge in [-0.3, -0.25) is 9.69 Å². The van der Waals surface area contributed by atoms with Crippen molar-refractivity contribution in [3.63, 3.8) is 0 Å². The van der Waals surface area contributed by atoms with E-state index in [9.17, 15) is 13.2 Å². The molecule has 0 aliphatic carbocycles. The van der Waals surface area contributed by atoms with Crippen molar-refractivity contribution in [2.75, 3.05) is 46.4 Å². The maximum absolute atomic E-state index is 13.0. The Kier molecular flexibility index (Phi) is 6.86. The summed E-state index contributed by atoms with van der Waals surface area (Å²) in [6.07, 6.45) is 1.17. The van der Waals surface area contributed by atoms with Gasteiger partial charge in [-0.15, -0.1) is 0 Å². The molecule has 0 N–H and O–H groups in total. The average Bonchev–Trinajstić information content (AvgIpc) is 2.72. The highest BCUT2D eigenvalue weighted by atomic mass is 32.2. The Bertz CT molecular complexity index is 794. The van der Waals surface area contributed by atoms with Gasteiger partial charge in [0.1, 0.15) is 5.75 Å². The van der Waals surface area contributed by atoms with E-state index in [1.807, 2.05) is 11.8 Å². The van der Waals surface area contributed by atoms with Gasteiger partial charge in [0.25, 0.3) is 0 Å². The van der Waals surface area contributed by atoms with Gasteiger partial charge in [-0.25, -0.2) is 8.42 Å². The average molecular weight is 424 g/mol. The molecule has 29 heavy (non-hydrogen) atoms. The second kappa shape index (κ2) is 9.02. The predicted octanol–water partition coefficient (Wildman–Crippen LogP) is 1.89. The SMILES string of the molecule is COc1ccc(S(=O)(=O)N2CCN([C@H](C)C(=O)N3C[C@H](C)C[C@H](C)C3)CC2)cc1. The fraction of sp³-hybridized carbons (Fsp3) is 0.667. The first kappa shape index (κ1) is 22.1. The van der Waals surface area contributed by atoms with Gasteiger partial charge in [0, 0.05) is 39.3 Å². The van der Waals surface area contributed by atoms with E-state index in [2.05, 4.69) is 18.7 Å². The fourth-order valence-corrected chi connectivity index (χ4v) is 5.91. The van der Waals surface area contributed by atoms with E-state index in [-0.39, 0.29) is 16.8 Å². The number of carbonyl (C=O) groups excluding carboxylic acids is 1. The third kappa shape index (κ3) is 4.92. The van der Waals surface area contributed by atoms with E-state index in [0.29, 0.717) is 43.8 Å². The lowest BCUT2D eigenvalue weighted by atomic mass is 9.91. The standard InChI is InChI=1S/C21H33N3O4S/c1-16-13-17(2)15-23(14-16)21(25)18(3)22-9-11-24(12-10-22)29(26,27)20-7-5-19(28-4)6-8-20/h5-8,16-18H,9-15H2,1-4H3/t16-,17+,18-/m1/s1. The third-order valence-corrected chi connectivity index (χ3v) is 7.97. The van der Waals surface area contributed by atoms with Crippen LogP contribution in [0, 0.1) is 11.8 Å². The van der Waals surface area contributed by atoms with Crippen molar-refractivity contribution in [2.24, 2.45) is 11.8 Å². The summed E-state index contributed by atoms with van der Waals surface area (Å²) in [6.45, 7) is 9.87. The predicted molar refractivity (Wildman–Crippen MR) is 112 cm³/mol. The number of carbonyl (C=O) groups is 1. The molecular formula is C21H33N3O4S. The molecule has 1 amide bonds. The highest BCUT2D eigenvalue weighted by molar-refractivity contribution is 7.89. The van der Waals surface area contributed by atoms with Crippen molar-refractivity contribution in [1.29, 1.82) is 0 Å². The minimum absolute atomic E-state index is 0.162. The number of likely N-dealkylation sites (tertiary alicyclic amines) is 1. The summed E-state index contributed by atoms with van der Waals surface area (Å²) in [5, 5.41) is 0. The highest BCUT2D eigenvalue weighted by Gasteiger charge is 2.34. The number of amides is 1. The largest absolute Gasteiger partial charge is 0.497 e. The lowest BCUT2D eigenvalue weighted by molar-refractivity contribution is -0.139. The minimum atomic E-state index is -3.54. The zero-order valence-corrected chi connectivity index (χ0v) is 18.7. The van der Waals surface area contributed by atoms with Crippen LogP contribution in [0.15, 0.2) is 29.2 Å². The quantitative estimate of drug-likeness (QED) is 0.723. The Morgan fingerprint density at radius 2 is 1.59 bits per heavy atom. The number of methoxy groups -OCH3 is 1. The number of sulfonamides is 1. The summed E-state index contributed by atoms with van der Waals surface area (Å²) in [5.74, 6) is 1.85.